The number of hydrogen-bond donors (Lipinski definition) is 2. The van der Waals surface area contributed by atoms with Crippen molar-refractivity contribution in [3.05, 3.63) is 23.8 Å². The molecule has 1 aliphatic heterocycles. The largest absolute Gasteiger partial charge is 0.497 e. The molecule has 2 unspecified atom stereocenters. The molecule has 0 saturated carbocycles. The molecule has 0 radical (unpaired) electrons. The molecule has 1 aromatic rings. The van der Waals surface area contributed by atoms with Crippen molar-refractivity contribution in [2.75, 3.05) is 20.2 Å². The van der Waals surface area contributed by atoms with Gasteiger partial charge in [0.25, 0.3) is 0 Å². The fourth-order valence-corrected chi connectivity index (χ4v) is 4.04. The first-order valence-corrected chi connectivity index (χ1v) is 8.17. The summed E-state index contributed by atoms with van der Waals surface area (Å²) >= 11 is 0. The molecular weight excluding hydrogens is 308 g/mol. The van der Waals surface area contributed by atoms with Gasteiger partial charge < -0.3 is 14.9 Å². The molecule has 2 atom stereocenters. The minimum absolute atomic E-state index is 0.0214. The van der Waals surface area contributed by atoms with Gasteiger partial charge >= 0.3 is 0 Å². The highest BCUT2D eigenvalue weighted by Crippen LogP contribution is 2.31. The highest BCUT2D eigenvalue weighted by molar-refractivity contribution is 7.89. The van der Waals surface area contributed by atoms with Crippen LogP contribution in [0.2, 0.25) is 0 Å². The van der Waals surface area contributed by atoms with E-state index in [1.165, 1.54) is 32.2 Å². The molecule has 120 valence electrons. The summed E-state index contributed by atoms with van der Waals surface area (Å²) in [7, 11) is -2.50. The molecule has 0 aromatic heterocycles. The normalized spacial score (nSPS) is 24.0. The third-order valence-electron chi connectivity index (χ3n) is 3.95. The van der Waals surface area contributed by atoms with Crippen LogP contribution in [0, 0.1) is 11.3 Å². The lowest BCUT2D eigenvalue weighted by molar-refractivity contribution is -0.0536. The molecule has 2 rings (SSSR count). The molecule has 8 heteroatoms. The number of aliphatic hydroxyl groups excluding tert-OH is 1. The van der Waals surface area contributed by atoms with E-state index < -0.39 is 21.7 Å². The zero-order valence-corrected chi connectivity index (χ0v) is 13.2. The third-order valence-corrected chi connectivity index (χ3v) is 5.85. The summed E-state index contributed by atoms with van der Waals surface area (Å²) in [5, 5.41) is 29.0. The monoisotopic (exact) mass is 326 g/mol. The van der Waals surface area contributed by atoms with E-state index in [-0.39, 0.29) is 30.0 Å². The van der Waals surface area contributed by atoms with Crippen molar-refractivity contribution in [2.24, 2.45) is 0 Å². The zero-order chi connectivity index (χ0) is 16.5. The van der Waals surface area contributed by atoms with Crippen molar-refractivity contribution in [3.63, 3.8) is 0 Å². The number of sulfonamides is 1. The molecule has 0 aliphatic carbocycles. The van der Waals surface area contributed by atoms with Crippen molar-refractivity contribution in [3.8, 4) is 11.8 Å². The van der Waals surface area contributed by atoms with Gasteiger partial charge in [0.05, 0.1) is 18.8 Å². The number of methoxy groups -OCH3 is 1. The molecule has 1 saturated heterocycles. The molecule has 0 spiro atoms. The maximum atomic E-state index is 12.7. The molecule has 0 amide bonds. The van der Waals surface area contributed by atoms with E-state index in [9.17, 15) is 18.6 Å². The Kier molecular flexibility index (Phi) is 4.44. The number of ether oxygens (including phenoxy) is 1. The van der Waals surface area contributed by atoms with Gasteiger partial charge in [-0.1, -0.05) is 0 Å². The van der Waals surface area contributed by atoms with Crippen LogP contribution >= 0.6 is 0 Å². The quantitative estimate of drug-likeness (QED) is 0.810. The van der Waals surface area contributed by atoms with Crippen LogP contribution in [-0.2, 0) is 10.0 Å². The van der Waals surface area contributed by atoms with Gasteiger partial charge in [-0.3, -0.25) is 0 Å². The number of nitriles is 1. The Hall–Kier alpha value is -1.66. The van der Waals surface area contributed by atoms with Crippen LogP contribution in [0.3, 0.4) is 0 Å². The SMILES string of the molecule is COc1ccc(S(=O)(=O)N2CCC(O)(C(C)O)C2)c(C#N)c1. The Morgan fingerprint density at radius 2 is 2.18 bits per heavy atom. The van der Waals surface area contributed by atoms with Crippen LogP contribution in [0.25, 0.3) is 0 Å². The highest BCUT2D eigenvalue weighted by Gasteiger charge is 2.45. The van der Waals surface area contributed by atoms with Gasteiger partial charge in [0.15, 0.2) is 0 Å². The van der Waals surface area contributed by atoms with E-state index in [1.807, 2.05) is 6.07 Å². The molecule has 0 bridgehead atoms. The van der Waals surface area contributed by atoms with Crippen LogP contribution in [0.1, 0.15) is 18.9 Å². The first-order valence-electron chi connectivity index (χ1n) is 6.73. The lowest BCUT2D eigenvalue weighted by atomic mass is 9.97. The number of benzene rings is 1. The summed E-state index contributed by atoms with van der Waals surface area (Å²) in [6.45, 7) is 1.30. The standard InChI is InChI=1S/C14H18N2O5S/c1-10(17)14(18)5-6-16(9-14)22(19,20)13-4-3-12(21-2)7-11(13)8-15/h3-4,7,10,17-18H,5-6,9H2,1-2H3. The summed E-state index contributed by atoms with van der Waals surface area (Å²) in [6.07, 6.45) is -0.902. The number of aliphatic hydroxyl groups is 2. The van der Waals surface area contributed by atoms with E-state index in [0.29, 0.717) is 5.75 Å². The smallest absolute Gasteiger partial charge is 0.244 e. The molecule has 1 aromatic carbocycles. The molecular formula is C14H18N2O5S. The first-order chi connectivity index (χ1) is 10.2. The predicted molar refractivity (Wildman–Crippen MR) is 77.7 cm³/mol. The van der Waals surface area contributed by atoms with Gasteiger partial charge in [-0.15, -0.1) is 0 Å². The Morgan fingerprint density at radius 1 is 1.50 bits per heavy atom. The maximum absolute atomic E-state index is 12.7. The van der Waals surface area contributed by atoms with E-state index in [1.54, 1.807) is 0 Å². The fraction of sp³-hybridized carbons (Fsp3) is 0.500. The Bertz CT molecular complexity index is 710. The molecule has 1 fully saturated rings. The number of nitrogens with zero attached hydrogens (tertiary/aromatic N) is 2. The molecule has 2 N–H and O–H groups in total. The van der Waals surface area contributed by atoms with Crippen molar-refractivity contribution in [1.82, 2.24) is 4.31 Å². The Balaban J connectivity index is 2.39. The zero-order valence-electron chi connectivity index (χ0n) is 12.4. The number of hydrogen-bond acceptors (Lipinski definition) is 6. The van der Waals surface area contributed by atoms with Gasteiger partial charge in [0.2, 0.25) is 10.0 Å². The highest BCUT2D eigenvalue weighted by atomic mass is 32.2. The lowest BCUT2D eigenvalue weighted by Gasteiger charge is -2.26. The average molecular weight is 326 g/mol. The van der Waals surface area contributed by atoms with E-state index in [4.69, 9.17) is 10.00 Å². The molecule has 1 aliphatic rings. The summed E-state index contributed by atoms with van der Waals surface area (Å²) in [6, 6.07) is 5.97. The van der Waals surface area contributed by atoms with Crippen LogP contribution in [0.15, 0.2) is 23.1 Å². The van der Waals surface area contributed by atoms with Crippen LogP contribution in [0.5, 0.6) is 5.75 Å². The Labute approximate surface area is 129 Å². The predicted octanol–water partition coefficient (Wildman–Crippen LogP) is 0.0732. The molecule has 7 nitrogen and oxygen atoms in total. The summed E-state index contributed by atoms with van der Waals surface area (Å²) in [5.41, 5.74) is -1.49. The third kappa shape index (κ3) is 2.80. The van der Waals surface area contributed by atoms with Crippen molar-refractivity contribution >= 4 is 10.0 Å². The fourth-order valence-electron chi connectivity index (χ4n) is 2.42. The lowest BCUT2D eigenvalue weighted by Crippen LogP contribution is -2.44. The van der Waals surface area contributed by atoms with Crippen molar-refractivity contribution < 1.29 is 23.4 Å². The Morgan fingerprint density at radius 3 is 2.68 bits per heavy atom. The van der Waals surface area contributed by atoms with E-state index in [2.05, 4.69) is 0 Å². The topological polar surface area (TPSA) is 111 Å². The first kappa shape index (κ1) is 16.7. The summed E-state index contributed by atoms with van der Waals surface area (Å²) < 4.78 is 31.4. The van der Waals surface area contributed by atoms with Gasteiger partial charge in [0.1, 0.15) is 22.3 Å². The van der Waals surface area contributed by atoms with Gasteiger partial charge in [-0.2, -0.15) is 9.57 Å². The van der Waals surface area contributed by atoms with E-state index in [0.717, 1.165) is 4.31 Å². The average Bonchev–Trinajstić information content (AvgIpc) is 2.91. The van der Waals surface area contributed by atoms with Crippen LogP contribution < -0.4 is 4.74 Å². The van der Waals surface area contributed by atoms with Crippen molar-refractivity contribution in [2.45, 2.75) is 29.9 Å². The summed E-state index contributed by atoms with van der Waals surface area (Å²) in [4.78, 5) is -0.134. The van der Waals surface area contributed by atoms with Crippen LogP contribution in [-0.4, -0.2) is 54.8 Å². The van der Waals surface area contributed by atoms with Gasteiger partial charge in [-0.25, -0.2) is 8.42 Å². The number of rotatable bonds is 4. The second kappa shape index (κ2) is 5.85. The van der Waals surface area contributed by atoms with Gasteiger partial charge in [0, 0.05) is 13.1 Å². The summed E-state index contributed by atoms with van der Waals surface area (Å²) in [5.74, 6) is 0.386. The second-order valence-corrected chi connectivity index (χ2v) is 7.25. The molecule has 1 heterocycles. The van der Waals surface area contributed by atoms with E-state index >= 15 is 0 Å². The second-order valence-electron chi connectivity index (χ2n) is 5.34. The minimum atomic E-state index is -3.93. The molecule has 22 heavy (non-hydrogen) atoms. The minimum Gasteiger partial charge on any atom is -0.497 e. The van der Waals surface area contributed by atoms with Crippen LogP contribution in [0.4, 0.5) is 0 Å². The number of β-amino-alcohol motifs (C(OH)–C–C–N with tert-alkyl or cyclic N) is 1. The van der Waals surface area contributed by atoms with Gasteiger partial charge in [-0.05, 0) is 31.5 Å². The van der Waals surface area contributed by atoms with Crippen molar-refractivity contribution in [1.29, 1.82) is 5.26 Å². The maximum Gasteiger partial charge on any atom is 0.244 e.